The molecule has 0 aliphatic heterocycles. The van der Waals surface area contributed by atoms with Gasteiger partial charge < -0.3 is 10.8 Å². The molecule has 0 amide bonds. The van der Waals surface area contributed by atoms with Gasteiger partial charge in [0.05, 0.1) is 6.42 Å². The lowest BCUT2D eigenvalue weighted by Crippen LogP contribution is -2.35. The van der Waals surface area contributed by atoms with Crippen molar-refractivity contribution in [1.82, 2.24) is 0 Å². The molecule has 0 aliphatic carbocycles. The van der Waals surface area contributed by atoms with E-state index >= 15 is 0 Å². The van der Waals surface area contributed by atoms with E-state index in [1.165, 1.54) is 13.0 Å². The number of aliphatic carboxylic acids is 1. The molecule has 15 heavy (non-hydrogen) atoms. The normalized spacial score (nSPS) is 14.7. The second kappa shape index (κ2) is 3.94. The van der Waals surface area contributed by atoms with Crippen molar-refractivity contribution < 1.29 is 18.7 Å². The van der Waals surface area contributed by atoms with Gasteiger partial charge in [0.15, 0.2) is 11.6 Å². The van der Waals surface area contributed by atoms with Crippen LogP contribution in [-0.2, 0) is 10.3 Å². The van der Waals surface area contributed by atoms with Crippen molar-refractivity contribution in [3.63, 3.8) is 0 Å². The van der Waals surface area contributed by atoms with Gasteiger partial charge in [0.2, 0.25) is 0 Å². The molecule has 0 aliphatic rings. The summed E-state index contributed by atoms with van der Waals surface area (Å²) >= 11 is 0. The van der Waals surface area contributed by atoms with Crippen molar-refractivity contribution in [3.05, 3.63) is 35.4 Å². The first-order valence-corrected chi connectivity index (χ1v) is 4.29. The Morgan fingerprint density at radius 1 is 1.47 bits per heavy atom. The molecular formula is C10H11F2NO2. The fraction of sp³-hybridized carbons (Fsp3) is 0.300. The molecule has 3 nitrogen and oxygen atoms in total. The molecule has 0 fully saturated rings. The van der Waals surface area contributed by atoms with Crippen molar-refractivity contribution in [3.8, 4) is 0 Å². The maximum atomic E-state index is 12.9. The fourth-order valence-corrected chi connectivity index (χ4v) is 1.27. The highest BCUT2D eigenvalue weighted by Crippen LogP contribution is 2.23. The SMILES string of the molecule is CC(N)(CC(=O)O)c1ccc(F)c(F)c1. The van der Waals surface area contributed by atoms with Gasteiger partial charge in [-0.05, 0) is 24.6 Å². The van der Waals surface area contributed by atoms with E-state index in [-0.39, 0.29) is 12.0 Å². The number of halogens is 2. The van der Waals surface area contributed by atoms with Gasteiger partial charge in [-0.1, -0.05) is 6.07 Å². The fourth-order valence-electron chi connectivity index (χ4n) is 1.27. The van der Waals surface area contributed by atoms with Crippen molar-refractivity contribution in [2.24, 2.45) is 5.73 Å². The Balaban J connectivity index is 3.04. The van der Waals surface area contributed by atoms with Crippen LogP contribution < -0.4 is 5.73 Å². The van der Waals surface area contributed by atoms with E-state index in [0.717, 1.165) is 12.1 Å². The third-order valence-corrected chi connectivity index (χ3v) is 2.10. The van der Waals surface area contributed by atoms with Crippen LogP contribution >= 0.6 is 0 Å². The number of hydrogen-bond donors (Lipinski definition) is 2. The van der Waals surface area contributed by atoms with Gasteiger partial charge in [-0.2, -0.15) is 0 Å². The molecule has 82 valence electrons. The van der Waals surface area contributed by atoms with Gasteiger partial charge >= 0.3 is 5.97 Å². The summed E-state index contributed by atoms with van der Waals surface area (Å²) in [6.07, 6.45) is -0.349. The number of rotatable bonds is 3. The van der Waals surface area contributed by atoms with Gasteiger partial charge in [-0.15, -0.1) is 0 Å². The minimum Gasteiger partial charge on any atom is -0.481 e. The zero-order chi connectivity index (χ0) is 11.6. The van der Waals surface area contributed by atoms with E-state index < -0.39 is 23.1 Å². The van der Waals surface area contributed by atoms with Crippen LogP contribution in [-0.4, -0.2) is 11.1 Å². The molecule has 0 heterocycles. The summed E-state index contributed by atoms with van der Waals surface area (Å²) in [6, 6.07) is 3.12. The Morgan fingerprint density at radius 2 is 2.07 bits per heavy atom. The maximum absolute atomic E-state index is 12.9. The molecule has 1 aromatic rings. The summed E-state index contributed by atoms with van der Waals surface area (Å²) in [5.41, 5.74) is 4.73. The zero-order valence-electron chi connectivity index (χ0n) is 8.13. The van der Waals surface area contributed by atoms with Crippen LogP contribution in [0.5, 0.6) is 0 Å². The average molecular weight is 215 g/mol. The lowest BCUT2D eigenvalue weighted by molar-refractivity contribution is -0.138. The Morgan fingerprint density at radius 3 is 2.53 bits per heavy atom. The first kappa shape index (κ1) is 11.6. The second-order valence-electron chi connectivity index (χ2n) is 3.62. The van der Waals surface area contributed by atoms with E-state index in [4.69, 9.17) is 10.8 Å². The molecule has 5 heteroatoms. The molecule has 3 N–H and O–H groups in total. The van der Waals surface area contributed by atoms with Crippen molar-refractivity contribution in [2.75, 3.05) is 0 Å². The van der Waals surface area contributed by atoms with Gasteiger partial charge in [-0.3, -0.25) is 4.79 Å². The van der Waals surface area contributed by atoms with Gasteiger partial charge in [0.1, 0.15) is 0 Å². The summed E-state index contributed by atoms with van der Waals surface area (Å²) < 4.78 is 25.5. The van der Waals surface area contributed by atoms with Crippen LogP contribution in [0.4, 0.5) is 8.78 Å². The topological polar surface area (TPSA) is 63.3 Å². The average Bonchev–Trinajstić information content (AvgIpc) is 2.07. The van der Waals surface area contributed by atoms with E-state index in [1.54, 1.807) is 0 Å². The Hall–Kier alpha value is -1.49. The van der Waals surface area contributed by atoms with E-state index in [0.29, 0.717) is 0 Å². The smallest absolute Gasteiger partial charge is 0.305 e. The van der Waals surface area contributed by atoms with Crippen LogP contribution in [0, 0.1) is 11.6 Å². The largest absolute Gasteiger partial charge is 0.481 e. The molecule has 1 rings (SSSR count). The van der Waals surface area contributed by atoms with Crippen LogP contribution in [0.1, 0.15) is 18.9 Å². The highest BCUT2D eigenvalue weighted by atomic mass is 19.2. The lowest BCUT2D eigenvalue weighted by Gasteiger charge is -2.23. The molecule has 0 aromatic heterocycles. The number of carboxylic acid groups (broad SMARTS) is 1. The minimum atomic E-state index is -1.21. The van der Waals surface area contributed by atoms with Crippen LogP contribution in [0.2, 0.25) is 0 Å². The highest BCUT2D eigenvalue weighted by Gasteiger charge is 2.25. The second-order valence-corrected chi connectivity index (χ2v) is 3.62. The predicted octanol–water partition coefficient (Wildman–Crippen LogP) is 1.61. The Labute approximate surface area is 85.5 Å². The third-order valence-electron chi connectivity index (χ3n) is 2.10. The number of hydrogen-bond acceptors (Lipinski definition) is 2. The number of benzene rings is 1. The molecule has 0 spiro atoms. The monoisotopic (exact) mass is 215 g/mol. The van der Waals surface area contributed by atoms with Crippen LogP contribution in [0.15, 0.2) is 18.2 Å². The number of carboxylic acids is 1. The summed E-state index contributed by atoms with van der Waals surface area (Å²) in [5.74, 6) is -3.11. The molecule has 1 atom stereocenters. The quantitative estimate of drug-likeness (QED) is 0.805. The van der Waals surface area contributed by atoms with E-state index in [9.17, 15) is 13.6 Å². The molecule has 0 saturated carbocycles. The number of nitrogens with two attached hydrogens (primary N) is 1. The summed E-state index contributed by atoms with van der Waals surface area (Å²) in [7, 11) is 0. The van der Waals surface area contributed by atoms with Gasteiger partial charge in [0.25, 0.3) is 0 Å². The minimum absolute atomic E-state index is 0.254. The first-order valence-electron chi connectivity index (χ1n) is 4.29. The summed E-state index contributed by atoms with van der Waals surface area (Å²) in [4.78, 5) is 10.5. The predicted molar refractivity (Wildman–Crippen MR) is 50.2 cm³/mol. The van der Waals surface area contributed by atoms with E-state index in [2.05, 4.69) is 0 Å². The van der Waals surface area contributed by atoms with Crippen LogP contribution in [0.3, 0.4) is 0 Å². The molecule has 0 saturated heterocycles. The Kier molecular flexibility index (Phi) is 3.04. The standard InChI is InChI=1S/C10H11F2NO2/c1-10(13,5-9(14)15)6-2-3-7(11)8(12)4-6/h2-4H,5,13H2,1H3,(H,14,15). The van der Waals surface area contributed by atoms with Crippen molar-refractivity contribution in [2.45, 2.75) is 18.9 Å². The first-order chi connectivity index (χ1) is 6.83. The zero-order valence-corrected chi connectivity index (χ0v) is 8.13. The molecular weight excluding hydrogens is 204 g/mol. The lowest BCUT2D eigenvalue weighted by atomic mass is 9.90. The molecule has 1 aromatic carbocycles. The van der Waals surface area contributed by atoms with Crippen molar-refractivity contribution >= 4 is 5.97 Å². The summed E-state index contributed by atoms with van der Waals surface area (Å²) in [5, 5.41) is 8.59. The van der Waals surface area contributed by atoms with Gasteiger partial charge in [-0.25, -0.2) is 8.78 Å². The van der Waals surface area contributed by atoms with Crippen LogP contribution in [0.25, 0.3) is 0 Å². The third kappa shape index (κ3) is 2.73. The molecule has 0 bridgehead atoms. The molecule has 1 unspecified atom stereocenters. The van der Waals surface area contributed by atoms with Crippen molar-refractivity contribution in [1.29, 1.82) is 0 Å². The van der Waals surface area contributed by atoms with Gasteiger partial charge in [0, 0.05) is 5.54 Å². The summed E-state index contributed by atoms with van der Waals surface area (Å²) in [6.45, 7) is 1.45. The number of carbonyl (C=O) groups is 1. The maximum Gasteiger partial charge on any atom is 0.305 e. The molecule has 0 radical (unpaired) electrons. The van der Waals surface area contributed by atoms with E-state index in [1.807, 2.05) is 0 Å². The Bertz CT molecular complexity index is 391. The highest BCUT2D eigenvalue weighted by molar-refractivity contribution is 5.68.